The van der Waals surface area contributed by atoms with Crippen LogP contribution in [0.4, 0.5) is 0 Å². The molecule has 0 unspecified atom stereocenters. The van der Waals surface area contributed by atoms with Crippen LogP contribution in [0.5, 0.6) is 0 Å². The van der Waals surface area contributed by atoms with E-state index in [1.165, 1.54) is 96.3 Å². The summed E-state index contributed by atoms with van der Waals surface area (Å²) >= 11 is 0. The molecule has 170 valence electrons. The average molecular weight is 403 g/mol. The van der Waals surface area contributed by atoms with Crippen LogP contribution in [0, 0.1) is 0 Å². The number of hydrogen-bond acceptors (Lipinski definition) is 3. The van der Waals surface area contributed by atoms with Crippen LogP contribution in [-0.2, 0) is 14.5 Å². The monoisotopic (exact) mass is 402 g/mol. The fourth-order valence-corrected chi connectivity index (χ4v) is 3.75. The van der Waals surface area contributed by atoms with Gasteiger partial charge >= 0.3 is 0 Å². The van der Waals surface area contributed by atoms with Crippen LogP contribution in [0.15, 0.2) is 0 Å². The average Bonchev–Trinajstić information content (AvgIpc) is 2.68. The molecule has 0 aromatic carbocycles. The Morgan fingerprint density at radius 1 is 0.393 bits per heavy atom. The van der Waals surface area contributed by atoms with Gasteiger partial charge in [0.2, 0.25) is 0 Å². The van der Waals surface area contributed by atoms with Gasteiger partial charge in [0.05, 0.1) is 4.97 Å². The molecule has 0 atom stereocenters. The van der Waals surface area contributed by atoms with E-state index in [0.717, 1.165) is 13.0 Å². The molecule has 0 heterocycles. The largest absolute Gasteiger partial charge is 0.178 e. The topological polar surface area (TPSA) is 27.7 Å². The molecule has 0 N–H and O–H groups in total. The van der Waals surface area contributed by atoms with Crippen molar-refractivity contribution < 1.29 is 19.5 Å². The lowest BCUT2D eigenvalue weighted by atomic mass is 10.0. The molecule has 0 spiro atoms. The molecule has 4 heteroatoms. The van der Waals surface area contributed by atoms with Crippen molar-refractivity contribution in [2.45, 2.75) is 130 Å². The summed E-state index contributed by atoms with van der Waals surface area (Å²) in [5.41, 5.74) is 0. The standard InChI is InChI=1S/C24H52NO3/c1-5-9-10-11-12-13-14-15-16-17-18-19-20-21-22-23-24-25(26-6-2,27-7-3)28-8-4/h5-24H2,1-4H3/q+1. The van der Waals surface area contributed by atoms with Gasteiger partial charge < -0.3 is 0 Å². The zero-order valence-corrected chi connectivity index (χ0v) is 19.8. The second-order valence-corrected chi connectivity index (χ2v) is 7.89. The smallest absolute Gasteiger partial charge is 0.132 e. The van der Waals surface area contributed by atoms with E-state index in [9.17, 15) is 0 Å². The maximum absolute atomic E-state index is 5.73. The molecular formula is C24H52NO3+. The second kappa shape index (κ2) is 21.5. The number of unbranched alkanes of at least 4 members (excludes halogenated alkanes) is 15. The molecule has 0 rings (SSSR count). The number of hydrogen-bond donors (Lipinski definition) is 0. The summed E-state index contributed by atoms with van der Waals surface area (Å²) in [7, 11) is 0. The van der Waals surface area contributed by atoms with Gasteiger partial charge in [-0.3, -0.25) is 0 Å². The molecular weight excluding hydrogens is 350 g/mol. The van der Waals surface area contributed by atoms with E-state index in [-0.39, 0.29) is 4.97 Å². The Hall–Kier alpha value is -0.160. The SMILES string of the molecule is CCCCCCCCCCCCCCCCCC[N+](OCC)(OCC)OCC. The van der Waals surface area contributed by atoms with Crippen molar-refractivity contribution in [2.24, 2.45) is 0 Å². The summed E-state index contributed by atoms with van der Waals surface area (Å²) in [6, 6.07) is 0. The van der Waals surface area contributed by atoms with Gasteiger partial charge in [0.15, 0.2) is 6.54 Å². The summed E-state index contributed by atoms with van der Waals surface area (Å²) in [6.45, 7) is 10.8. The minimum atomic E-state index is -0.0951. The number of quaternary nitrogens is 1. The van der Waals surface area contributed by atoms with E-state index < -0.39 is 0 Å². The van der Waals surface area contributed by atoms with E-state index in [0.29, 0.717) is 19.8 Å². The Kier molecular flexibility index (Phi) is 21.4. The van der Waals surface area contributed by atoms with E-state index in [2.05, 4.69) is 6.92 Å². The first-order chi connectivity index (χ1) is 13.7. The van der Waals surface area contributed by atoms with E-state index in [1.807, 2.05) is 20.8 Å². The predicted octanol–water partition coefficient (Wildman–Crippen LogP) is 7.92. The lowest BCUT2D eigenvalue weighted by Gasteiger charge is -2.28. The van der Waals surface area contributed by atoms with Gasteiger partial charge in [0.1, 0.15) is 19.8 Å². The van der Waals surface area contributed by atoms with Crippen LogP contribution < -0.4 is 0 Å². The van der Waals surface area contributed by atoms with Gasteiger partial charge in [-0.15, -0.1) is 14.5 Å². The van der Waals surface area contributed by atoms with Crippen molar-refractivity contribution in [3.8, 4) is 0 Å². The lowest BCUT2D eigenvalue weighted by molar-refractivity contribution is -1.37. The first kappa shape index (κ1) is 27.8. The summed E-state index contributed by atoms with van der Waals surface area (Å²) in [6.07, 6.45) is 22.1. The van der Waals surface area contributed by atoms with Gasteiger partial charge in [0, 0.05) is 6.42 Å². The molecule has 0 radical (unpaired) electrons. The molecule has 0 saturated heterocycles. The second-order valence-electron chi connectivity index (χ2n) is 7.89. The predicted molar refractivity (Wildman–Crippen MR) is 120 cm³/mol. The Balaban J connectivity index is 3.46. The highest BCUT2D eigenvalue weighted by Gasteiger charge is 2.33. The Bertz CT molecular complexity index is 283. The molecule has 0 bridgehead atoms. The highest BCUT2D eigenvalue weighted by molar-refractivity contribution is 4.49. The normalized spacial score (nSPS) is 12.0. The first-order valence-corrected chi connectivity index (χ1v) is 12.6. The first-order valence-electron chi connectivity index (χ1n) is 12.6. The van der Waals surface area contributed by atoms with E-state index >= 15 is 0 Å². The molecule has 0 aliphatic rings. The molecule has 0 aliphatic carbocycles. The fraction of sp³-hybridized carbons (Fsp3) is 1.00. The van der Waals surface area contributed by atoms with Gasteiger partial charge in [-0.25, -0.2) is 0 Å². The molecule has 0 aromatic heterocycles. The third-order valence-electron chi connectivity index (χ3n) is 5.26. The minimum absolute atomic E-state index is 0.0951. The molecule has 0 aromatic rings. The Morgan fingerprint density at radius 2 is 0.679 bits per heavy atom. The van der Waals surface area contributed by atoms with Crippen LogP contribution in [0.3, 0.4) is 0 Å². The van der Waals surface area contributed by atoms with E-state index in [4.69, 9.17) is 14.5 Å². The maximum Gasteiger partial charge on any atom is 0.178 e. The molecule has 0 aliphatic heterocycles. The van der Waals surface area contributed by atoms with Crippen LogP contribution in [0.25, 0.3) is 0 Å². The highest BCUT2D eigenvalue weighted by Crippen LogP contribution is 2.17. The molecule has 28 heavy (non-hydrogen) atoms. The molecule has 0 saturated carbocycles. The maximum atomic E-state index is 5.73. The Labute approximate surface area is 176 Å². The zero-order chi connectivity index (χ0) is 20.8. The third-order valence-corrected chi connectivity index (χ3v) is 5.26. The Morgan fingerprint density at radius 3 is 0.964 bits per heavy atom. The van der Waals surface area contributed by atoms with Crippen LogP contribution in [0.1, 0.15) is 130 Å². The van der Waals surface area contributed by atoms with Gasteiger partial charge in [-0.1, -0.05) is 96.8 Å². The van der Waals surface area contributed by atoms with Gasteiger partial charge in [-0.2, -0.15) is 0 Å². The zero-order valence-electron chi connectivity index (χ0n) is 19.8. The van der Waals surface area contributed by atoms with Crippen LogP contribution in [-0.4, -0.2) is 31.3 Å². The van der Waals surface area contributed by atoms with Crippen molar-refractivity contribution in [2.75, 3.05) is 26.4 Å². The van der Waals surface area contributed by atoms with Crippen molar-refractivity contribution in [3.63, 3.8) is 0 Å². The van der Waals surface area contributed by atoms with Gasteiger partial charge in [-0.05, 0) is 27.2 Å². The molecule has 0 fully saturated rings. The number of hydroxylamine groups is 3. The van der Waals surface area contributed by atoms with Crippen LogP contribution in [0.2, 0.25) is 0 Å². The molecule has 4 nitrogen and oxygen atoms in total. The summed E-state index contributed by atoms with van der Waals surface area (Å²) < 4.78 is 0. The van der Waals surface area contributed by atoms with Crippen LogP contribution >= 0.6 is 0 Å². The van der Waals surface area contributed by atoms with Gasteiger partial charge in [0.25, 0.3) is 0 Å². The summed E-state index contributed by atoms with van der Waals surface area (Å²) in [5, 5.41) is 0. The third kappa shape index (κ3) is 16.8. The lowest BCUT2D eigenvalue weighted by Crippen LogP contribution is -2.48. The number of rotatable bonds is 23. The minimum Gasteiger partial charge on any atom is -0.132 e. The van der Waals surface area contributed by atoms with E-state index in [1.54, 1.807) is 0 Å². The molecule has 0 amide bonds. The summed E-state index contributed by atoms with van der Waals surface area (Å²) in [4.78, 5) is 17.1. The van der Waals surface area contributed by atoms with Crippen molar-refractivity contribution in [1.29, 1.82) is 0 Å². The number of nitrogens with zero attached hydrogens (tertiary/aromatic N) is 1. The van der Waals surface area contributed by atoms with Crippen molar-refractivity contribution >= 4 is 0 Å². The highest BCUT2D eigenvalue weighted by atomic mass is 17.2. The van der Waals surface area contributed by atoms with Crippen molar-refractivity contribution in [1.82, 2.24) is 0 Å². The fourth-order valence-electron chi connectivity index (χ4n) is 3.75. The summed E-state index contributed by atoms with van der Waals surface area (Å²) in [5.74, 6) is 0. The van der Waals surface area contributed by atoms with Crippen molar-refractivity contribution in [3.05, 3.63) is 0 Å². The quantitative estimate of drug-likeness (QED) is 0.0986.